The molecular weight excluding hydrogens is 227 g/mol. The summed E-state index contributed by atoms with van der Waals surface area (Å²) in [5, 5.41) is 0. The minimum atomic E-state index is -3.87. The third-order valence-corrected chi connectivity index (χ3v) is 2.53. The molecule has 0 aliphatic rings. The summed E-state index contributed by atoms with van der Waals surface area (Å²) in [5.41, 5.74) is 0.850. The monoisotopic (exact) mass is 240 g/mol. The van der Waals surface area contributed by atoms with E-state index >= 15 is 0 Å². The Labute approximate surface area is 113 Å². The van der Waals surface area contributed by atoms with Crippen molar-refractivity contribution in [2.24, 2.45) is 0 Å². The quantitative estimate of drug-likeness (QED) is 0.500. The summed E-state index contributed by atoms with van der Waals surface area (Å²) in [7, 11) is -2.31. The van der Waals surface area contributed by atoms with E-state index in [9.17, 15) is 8.42 Å². The Balaban J connectivity index is 0. The van der Waals surface area contributed by atoms with E-state index in [1.807, 2.05) is 0 Å². The van der Waals surface area contributed by atoms with E-state index in [0.717, 1.165) is 11.3 Å². The zero-order valence-corrected chi connectivity index (χ0v) is 11.6. The van der Waals surface area contributed by atoms with E-state index in [0.29, 0.717) is 6.42 Å². The molecule has 0 saturated heterocycles. The maximum Gasteiger partial charge on any atom is 1.00 e. The van der Waals surface area contributed by atoms with Gasteiger partial charge < -0.3 is 6.16 Å². The Kier molecular flexibility index (Phi) is 6.47. The molecule has 1 N–H and O–H groups in total. The van der Waals surface area contributed by atoms with E-state index in [4.69, 9.17) is 9.29 Å². The van der Waals surface area contributed by atoms with Gasteiger partial charge in [0.1, 0.15) is 5.75 Å². The molecule has 0 atom stereocenters. The van der Waals surface area contributed by atoms with Gasteiger partial charge in [-0.25, -0.2) is 0 Å². The second-order valence-corrected chi connectivity index (χ2v) is 4.46. The minimum Gasteiger partial charge on any atom is -1.00 e. The summed E-state index contributed by atoms with van der Waals surface area (Å²) in [6.45, 7) is 0. The Morgan fingerprint density at radius 1 is 1.33 bits per heavy atom. The van der Waals surface area contributed by atoms with Crippen LogP contribution in [0.25, 0.3) is 0 Å². The first-order valence-corrected chi connectivity index (χ1v) is 5.70. The molecule has 80 valence electrons. The Hall–Kier alpha value is -0.0700. The van der Waals surface area contributed by atoms with Gasteiger partial charge in [-0.15, -0.1) is 0 Å². The number of methoxy groups -OCH3 is 1. The standard InChI is InChI=1S/C9H12O4S.Na.H/c1-13-9-4-2-8(3-5-9)6-7-14(10,11)12;;/h2-5H,6-7H2,1H3,(H,10,11,12);;/q;+1;-1. The van der Waals surface area contributed by atoms with Crippen molar-refractivity contribution in [3.05, 3.63) is 29.8 Å². The van der Waals surface area contributed by atoms with Crippen LogP contribution in [0.1, 0.15) is 6.99 Å². The van der Waals surface area contributed by atoms with Gasteiger partial charge in [-0.2, -0.15) is 8.42 Å². The molecule has 0 amide bonds. The van der Waals surface area contributed by atoms with Crippen LogP contribution in [0.5, 0.6) is 5.75 Å². The van der Waals surface area contributed by atoms with E-state index in [1.54, 1.807) is 31.4 Å². The third-order valence-electron chi connectivity index (χ3n) is 1.81. The van der Waals surface area contributed by atoms with Crippen molar-refractivity contribution < 1.29 is 48.7 Å². The van der Waals surface area contributed by atoms with Gasteiger partial charge >= 0.3 is 29.6 Å². The predicted molar refractivity (Wildman–Crippen MR) is 54.2 cm³/mol. The summed E-state index contributed by atoms with van der Waals surface area (Å²) < 4.78 is 34.4. The smallest absolute Gasteiger partial charge is 1.00 e. The Morgan fingerprint density at radius 3 is 2.27 bits per heavy atom. The van der Waals surface area contributed by atoms with E-state index in [1.165, 1.54) is 0 Å². The number of hydrogen-bond donors (Lipinski definition) is 1. The molecule has 6 heteroatoms. The molecule has 0 aliphatic heterocycles. The fourth-order valence-electron chi connectivity index (χ4n) is 1.04. The fraction of sp³-hybridized carbons (Fsp3) is 0.333. The van der Waals surface area contributed by atoms with Crippen LogP contribution in [0.2, 0.25) is 0 Å². The van der Waals surface area contributed by atoms with Gasteiger partial charge in [0, 0.05) is 0 Å². The van der Waals surface area contributed by atoms with Crippen molar-refractivity contribution in [2.45, 2.75) is 6.42 Å². The topological polar surface area (TPSA) is 63.6 Å². The zero-order valence-electron chi connectivity index (χ0n) is 9.80. The second kappa shape index (κ2) is 6.50. The molecule has 0 unspecified atom stereocenters. The molecule has 0 radical (unpaired) electrons. The van der Waals surface area contributed by atoms with E-state index in [2.05, 4.69) is 0 Å². The summed E-state index contributed by atoms with van der Waals surface area (Å²) in [4.78, 5) is 0. The minimum absolute atomic E-state index is 0. The second-order valence-electron chi connectivity index (χ2n) is 2.88. The van der Waals surface area contributed by atoms with Crippen molar-refractivity contribution in [3.63, 3.8) is 0 Å². The molecule has 0 spiro atoms. The van der Waals surface area contributed by atoms with Crippen LogP contribution in [0.4, 0.5) is 0 Å². The molecular formula is C9H13NaO4S. The molecule has 15 heavy (non-hydrogen) atoms. The molecule has 0 aliphatic carbocycles. The third kappa shape index (κ3) is 6.17. The molecule has 0 bridgehead atoms. The molecule has 4 nitrogen and oxygen atoms in total. The predicted octanol–water partition coefficient (Wildman–Crippen LogP) is -1.76. The fourth-order valence-corrected chi connectivity index (χ4v) is 1.53. The molecule has 0 heterocycles. The van der Waals surface area contributed by atoms with Gasteiger partial charge in [-0.3, -0.25) is 4.55 Å². The zero-order chi connectivity index (χ0) is 10.6. The average Bonchev–Trinajstić information content (AvgIpc) is 2.14. The first-order valence-electron chi connectivity index (χ1n) is 4.09. The van der Waals surface area contributed by atoms with Crippen LogP contribution in [0, 0.1) is 0 Å². The van der Waals surface area contributed by atoms with Crippen molar-refractivity contribution in [1.82, 2.24) is 0 Å². The molecule has 0 fully saturated rings. The molecule has 1 aromatic carbocycles. The van der Waals surface area contributed by atoms with Crippen molar-refractivity contribution in [1.29, 1.82) is 0 Å². The first kappa shape index (κ1) is 14.9. The van der Waals surface area contributed by atoms with Gasteiger partial charge in [0.25, 0.3) is 10.1 Å². The largest absolute Gasteiger partial charge is 1.00 e. The normalized spacial score (nSPS) is 10.5. The summed E-state index contributed by atoms with van der Waals surface area (Å²) in [6, 6.07) is 7.03. The number of hydrogen-bond acceptors (Lipinski definition) is 3. The van der Waals surface area contributed by atoms with Crippen molar-refractivity contribution >= 4 is 10.1 Å². The molecule has 0 aromatic heterocycles. The molecule has 0 saturated carbocycles. The number of benzene rings is 1. The van der Waals surface area contributed by atoms with E-state index < -0.39 is 10.1 Å². The number of aryl methyl sites for hydroxylation is 1. The van der Waals surface area contributed by atoms with Gasteiger partial charge in [-0.1, -0.05) is 12.1 Å². The SMILES string of the molecule is COc1ccc(CCS(=O)(=O)O)cc1.[H-].[Na+]. The van der Waals surface area contributed by atoms with Crippen LogP contribution >= 0.6 is 0 Å². The number of rotatable bonds is 4. The summed E-state index contributed by atoms with van der Waals surface area (Å²) >= 11 is 0. The maximum atomic E-state index is 10.5. The van der Waals surface area contributed by atoms with Gasteiger partial charge in [-0.05, 0) is 24.1 Å². The Morgan fingerprint density at radius 2 is 1.87 bits per heavy atom. The summed E-state index contributed by atoms with van der Waals surface area (Å²) in [5.74, 6) is 0.472. The van der Waals surface area contributed by atoms with Gasteiger partial charge in [0.15, 0.2) is 0 Å². The molecule has 1 aromatic rings. The van der Waals surface area contributed by atoms with Crippen molar-refractivity contribution in [2.75, 3.05) is 12.9 Å². The first-order chi connectivity index (χ1) is 6.51. The van der Waals surface area contributed by atoms with Crippen LogP contribution in [0.15, 0.2) is 24.3 Å². The van der Waals surface area contributed by atoms with Crippen LogP contribution in [-0.4, -0.2) is 25.8 Å². The average molecular weight is 240 g/mol. The van der Waals surface area contributed by atoms with Crippen LogP contribution < -0.4 is 34.3 Å². The molecule has 1 rings (SSSR count). The van der Waals surface area contributed by atoms with Gasteiger partial charge in [0.05, 0.1) is 12.9 Å². The van der Waals surface area contributed by atoms with E-state index in [-0.39, 0.29) is 36.7 Å². The summed E-state index contributed by atoms with van der Waals surface area (Å²) in [6.07, 6.45) is 0.308. The maximum absolute atomic E-state index is 10.5. The van der Waals surface area contributed by atoms with Crippen LogP contribution in [0.3, 0.4) is 0 Å². The number of ether oxygens (including phenoxy) is 1. The van der Waals surface area contributed by atoms with Crippen molar-refractivity contribution in [3.8, 4) is 5.75 Å². The van der Waals surface area contributed by atoms with Crippen LogP contribution in [-0.2, 0) is 16.5 Å². The Bertz CT molecular complexity index is 390. The van der Waals surface area contributed by atoms with Gasteiger partial charge in [0.2, 0.25) is 0 Å².